The molecule has 0 aromatic heterocycles. The summed E-state index contributed by atoms with van der Waals surface area (Å²) in [6, 6.07) is 0.166. The monoisotopic (exact) mass is 608 g/mol. The Balaban J connectivity index is 3.62. The van der Waals surface area contributed by atoms with E-state index in [4.69, 9.17) is 11.5 Å². The molecule has 43 heavy (non-hydrogen) atoms. The second-order valence-corrected chi connectivity index (χ2v) is 14.2. The largest absolute Gasteiger partial charge is 0.329 e. The lowest BCUT2D eigenvalue weighted by Crippen LogP contribution is -2.36. The second-order valence-electron chi connectivity index (χ2n) is 14.2. The Morgan fingerprint density at radius 1 is 0.349 bits per heavy atom. The highest BCUT2D eigenvalue weighted by Crippen LogP contribution is 2.16. The summed E-state index contributed by atoms with van der Waals surface area (Å²) in [6.07, 6.45) is 47.1. The molecule has 3 nitrogen and oxygen atoms in total. The van der Waals surface area contributed by atoms with Crippen LogP contribution >= 0.6 is 0 Å². The van der Waals surface area contributed by atoms with Crippen molar-refractivity contribution < 1.29 is 0 Å². The molecule has 0 spiro atoms. The van der Waals surface area contributed by atoms with Gasteiger partial charge in [-0.15, -0.1) is 0 Å². The summed E-state index contributed by atoms with van der Waals surface area (Å²) in [7, 11) is 0. The zero-order chi connectivity index (χ0) is 31.3. The number of hydrogen-bond donors (Lipinski definition) is 2. The van der Waals surface area contributed by atoms with Crippen molar-refractivity contribution in [2.24, 2.45) is 11.5 Å². The SMILES string of the molecule is CCCCCCCCCCCCCCCCCCN(CCCCCCCCCCCCCCCCCC)CCC(N)CN. The van der Waals surface area contributed by atoms with E-state index in [9.17, 15) is 0 Å². The third-order valence-electron chi connectivity index (χ3n) is 9.77. The van der Waals surface area contributed by atoms with E-state index < -0.39 is 0 Å². The van der Waals surface area contributed by atoms with E-state index in [0.29, 0.717) is 6.54 Å². The first-order valence-electron chi connectivity index (χ1n) is 20.4. The molecule has 0 rings (SSSR count). The van der Waals surface area contributed by atoms with Crippen molar-refractivity contribution in [1.82, 2.24) is 4.90 Å². The van der Waals surface area contributed by atoms with Gasteiger partial charge in [0.2, 0.25) is 0 Å². The van der Waals surface area contributed by atoms with Crippen molar-refractivity contribution in [2.45, 2.75) is 232 Å². The van der Waals surface area contributed by atoms with Gasteiger partial charge in [0.1, 0.15) is 0 Å². The molecule has 0 fully saturated rings. The van der Waals surface area contributed by atoms with Gasteiger partial charge in [0.25, 0.3) is 0 Å². The molecule has 0 saturated carbocycles. The summed E-state index contributed by atoms with van der Waals surface area (Å²) in [5.41, 5.74) is 11.9. The van der Waals surface area contributed by atoms with Gasteiger partial charge in [0.05, 0.1) is 0 Å². The number of unbranched alkanes of at least 4 members (excludes halogenated alkanes) is 30. The maximum Gasteiger partial charge on any atom is 0.0175 e. The van der Waals surface area contributed by atoms with Crippen molar-refractivity contribution in [1.29, 1.82) is 0 Å². The molecule has 0 aromatic rings. The first-order chi connectivity index (χ1) is 21.2. The van der Waals surface area contributed by atoms with Crippen LogP contribution in [0.15, 0.2) is 0 Å². The quantitative estimate of drug-likeness (QED) is 0.0686. The fourth-order valence-electron chi connectivity index (χ4n) is 6.57. The van der Waals surface area contributed by atoms with E-state index in [-0.39, 0.29) is 6.04 Å². The second kappa shape index (κ2) is 38.1. The molecule has 0 aliphatic rings. The Morgan fingerprint density at radius 3 is 0.814 bits per heavy atom. The predicted molar refractivity (Wildman–Crippen MR) is 197 cm³/mol. The van der Waals surface area contributed by atoms with Gasteiger partial charge in [-0.25, -0.2) is 0 Å². The smallest absolute Gasteiger partial charge is 0.0175 e. The molecule has 0 aliphatic carbocycles. The van der Waals surface area contributed by atoms with E-state index in [1.165, 1.54) is 219 Å². The van der Waals surface area contributed by atoms with Gasteiger partial charge < -0.3 is 16.4 Å². The van der Waals surface area contributed by atoms with Crippen molar-refractivity contribution in [3.8, 4) is 0 Å². The Hall–Kier alpha value is -0.120. The Kier molecular flexibility index (Phi) is 38.0. The van der Waals surface area contributed by atoms with E-state index in [1.807, 2.05) is 0 Å². The zero-order valence-corrected chi connectivity index (χ0v) is 30.3. The van der Waals surface area contributed by atoms with Crippen molar-refractivity contribution in [3.63, 3.8) is 0 Å². The lowest BCUT2D eigenvalue weighted by atomic mass is 10.0. The molecule has 0 radical (unpaired) electrons. The number of nitrogens with zero attached hydrogens (tertiary/aromatic N) is 1. The van der Waals surface area contributed by atoms with Gasteiger partial charge in [0.15, 0.2) is 0 Å². The van der Waals surface area contributed by atoms with Gasteiger partial charge in [-0.1, -0.05) is 206 Å². The summed E-state index contributed by atoms with van der Waals surface area (Å²) < 4.78 is 0. The lowest BCUT2D eigenvalue weighted by molar-refractivity contribution is 0.251. The Morgan fingerprint density at radius 2 is 0.581 bits per heavy atom. The normalized spacial score (nSPS) is 12.5. The highest BCUT2D eigenvalue weighted by molar-refractivity contribution is 4.67. The van der Waals surface area contributed by atoms with Crippen LogP contribution in [0.5, 0.6) is 0 Å². The zero-order valence-electron chi connectivity index (χ0n) is 30.3. The van der Waals surface area contributed by atoms with Gasteiger partial charge >= 0.3 is 0 Å². The van der Waals surface area contributed by atoms with E-state index in [1.54, 1.807) is 0 Å². The van der Waals surface area contributed by atoms with Crippen LogP contribution in [0.3, 0.4) is 0 Å². The predicted octanol–water partition coefficient (Wildman–Crippen LogP) is 12.5. The van der Waals surface area contributed by atoms with Crippen LogP contribution in [0.1, 0.15) is 226 Å². The summed E-state index contributed by atoms with van der Waals surface area (Å²) >= 11 is 0. The van der Waals surface area contributed by atoms with E-state index in [2.05, 4.69) is 18.7 Å². The fraction of sp³-hybridized carbons (Fsp3) is 1.00. The van der Waals surface area contributed by atoms with Gasteiger partial charge in [-0.3, -0.25) is 0 Å². The van der Waals surface area contributed by atoms with Gasteiger partial charge in [0, 0.05) is 12.6 Å². The average Bonchev–Trinajstić information content (AvgIpc) is 3.02. The first-order valence-corrected chi connectivity index (χ1v) is 20.4. The van der Waals surface area contributed by atoms with Gasteiger partial charge in [-0.2, -0.15) is 0 Å². The van der Waals surface area contributed by atoms with E-state index in [0.717, 1.165) is 13.0 Å². The van der Waals surface area contributed by atoms with Crippen LogP contribution in [0.4, 0.5) is 0 Å². The molecule has 4 N–H and O–H groups in total. The van der Waals surface area contributed by atoms with Crippen LogP contribution < -0.4 is 11.5 Å². The summed E-state index contributed by atoms with van der Waals surface area (Å²) in [5.74, 6) is 0. The lowest BCUT2D eigenvalue weighted by Gasteiger charge is -2.23. The molecule has 1 atom stereocenters. The molecule has 260 valence electrons. The summed E-state index contributed by atoms with van der Waals surface area (Å²) in [4.78, 5) is 2.70. The molecular formula is C40H85N3. The van der Waals surface area contributed by atoms with Crippen LogP contribution in [0.25, 0.3) is 0 Å². The molecule has 0 aromatic carbocycles. The molecule has 0 saturated heterocycles. The van der Waals surface area contributed by atoms with Crippen molar-refractivity contribution in [3.05, 3.63) is 0 Å². The fourth-order valence-corrected chi connectivity index (χ4v) is 6.57. The minimum Gasteiger partial charge on any atom is -0.329 e. The highest BCUT2D eigenvalue weighted by atomic mass is 15.1. The maximum absolute atomic E-state index is 6.15. The standard InChI is InChI=1S/C40H85N3/c1-3-5-7-9-11-13-15-17-19-21-23-25-27-29-31-33-36-43(38-35-40(42)39-41)37-34-32-30-28-26-24-22-20-18-16-14-12-10-8-6-4-2/h40H,3-39,41-42H2,1-2H3. The molecule has 1 unspecified atom stereocenters. The van der Waals surface area contributed by atoms with Crippen LogP contribution in [0, 0.1) is 0 Å². The highest BCUT2D eigenvalue weighted by Gasteiger charge is 2.08. The van der Waals surface area contributed by atoms with Crippen LogP contribution in [0.2, 0.25) is 0 Å². The number of rotatable bonds is 38. The minimum atomic E-state index is 0.166. The number of hydrogen-bond acceptors (Lipinski definition) is 3. The van der Waals surface area contributed by atoms with Crippen molar-refractivity contribution in [2.75, 3.05) is 26.2 Å². The molecule has 0 aliphatic heterocycles. The first kappa shape index (κ1) is 42.9. The van der Waals surface area contributed by atoms with E-state index >= 15 is 0 Å². The summed E-state index contributed by atoms with van der Waals surface area (Å²) in [5, 5.41) is 0. The minimum absolute atomic E-state index is 0.166. The number of nitrogens with two attached hydrogens (primary N) is 2. The van der Waals surface area contributed by atoms with Crippen LogP contribution in [-0.4, -0.2) is 37.1 Å². The molecular weight excluding hydrogens is 522 g/mol. The molecule has 0 heterocycles. The molecule has 3 heteroatoms. The average molecular weight is 608 g/mol. The molecule has 0 bridgehead atoms. The maximum atomic E-state index is 6.15. The topological polar surface area (TPSA) is 55.3 Å². The third kappa shape index (κ3) is 36.2. The Bertz CT molecular complexity index is 446. The van der Waals surface area contributed by atoms with Gasteiger partial charge in [-0.05, 0) is 38.9 Å². The van der Waals surface area contributed by atoms with Crippen LogP contribution in [-0.2, 0) is 0 Å². The Labute approximate surface area is 273 Å². The molecule has 0 amide bonds. The summed E-state index contributed by atoms with van der Waals surface area (Å²) in [6.45, 7) is 8.88. The third-order valence-corrected chi connectivity index (χ3v) is 9.77. The van der Waals surface area contributed by atoms with Crippen molar-refractivity contribution >= 4 is 0 Å².